The Bertz CT molecular complexity index is 900. The first-order valence-electron chi connectivity index (χ1n) is 9.21. The normalized spacial score (nSPS) is 12.8. The molecular formula is C23H27FN4. The van der Waals surface area contributed by atoms with Crippen molar-refractivity contribution in [2.24, 2.45) is 4.99 Å². The maximum absolute atomic E-state index is 14.4. The van der Waals surface area contributed by atoms with E-state index in [-0.39, 0.29) is 11.9 Å². The standard InChI is InChI=1S/C23H27FN4/c1-7-19-20(14-16(3)15-21(19)24)22(8-2)28(6)17(4)10-13-25-18(5)23-26-11-9-12-27-23/h7,9-15,22H,1,4,8H2,2-3,5-6H3/b13-10-,25-18+. The van der Waals surface area contributed by atoms with E-state index >= 15 is 0 Å². The molecule has 2 aromatic rings. The van der Waals surface area contributed by atoms with E-state index in [0.717, 1.165) is 23.2 Å². The van der Waals surface area contributed by atoms with E-state index in [1.807, 2.05) is 37.9 Å². The zero-order valence-corrected chi connectivity index (χ0v) is 17.0. The summed E-state index contributed by atoms with van der Waals surface area (Å²) in [7, 11) is 1.95. The van der Waals surface area contributed by atoms with Gasteiger partial charge in [-0.2, -0.15) is 0 Å². The first kappa shape index (κ1) is 21.2. The van der Waals surface area contributed by atoms with Crippen molar-refractivity contribution in [3.8, 4) is 0 Å². The summed E-state index contributed by atoms with van der Waals surface area (Å²) >= 11 is 0. The average molecular weight is 378 g/mol. The molecule has 0 amide bonds. The molecule has 0 fully saturated rings. The third-order valence-electron chi connectivity index (χ3n) is 4.60. The minimum atomic E-state index is -0.249. The van der Waals surface area contributed by atoms with Crippen molar-refractivity contribution in [2.75, 3.05) is 7.05 Å². The van der Waals surface area contributed by atoms with Crippen molar-refractivity contribution < 1.29 is 4.39 Å². The lowest BCUT2D eigenvalue weighted by molar-refractivity contribution is 0.309. The van der Waals surface area contributed by atoms with Gasteiger partial charge in [-0.3, -0.25) is 4.99 Å². The number of hydrogen-bond acceptors (Lipinski definition) is 4. The summed E-state index contributed by atoms with van der Waals surface area (Å²) in [5, 5.41) is 0. The smallest absolute Gasteiger partial charge is 0.173 e. The van der Waals surface area contributed by atoms with Crippen molar-refractivity contribution in [3.05, 3.63) is 90.1 Å². The highest BCUT2D eigenvalue weighted by Crippen LogP contribution is 2.31. The molecule has 0 aliphatic heterocycles. The van der Waals surface area contributed by atoms with E-state index < -0.39 is 0 Å². The fourth-order valence-corrected chi connectivity index (χ4v) is 3.07. The van der Waals surface area contributed by atoms with Gasteiger partial charge in [0.2, 0.25) is 0 Å². The second kappa shape index (κ2) is 9.74. The number of aliphatic imine (C=N–C) groups is 1. The highest BCUT2D eigenvalue weighted by Gasteiger charge is 2.20. The van der Waals surface area contributed by atoms with Crippen LogP contribution in [0.3, 0.4) is 0 Å². The van der Waals surface area contributed by atoms with Crippen LogP contribution >= 0.6 is 0 Å². The lowest BCUT2D eigenvalue weighted by Gasteiger charge is -2.31. The third-order valence-corrected chi connectivity index (χ3v) is 4.60. The van der Waals surface area contributed by atoms with Gasteiger partial charge in [-0.25, -0.2) is 14.4 Å². The van der Waals surface area contributed by atoms with Gasteiger partial charge in [-0.05, 0) is 49.6 Å². The molecule has 1 aromatic carbocycles. The van der Waals surface area contributed by atoms with Crippen LogP contribution in [0.4, 0.5) is 4.39 Å². The van der Waals surface area contributed by atoms with Gasteiger partial charge in [0.15, 0.2) is 5.82 Å². The van der Waals surface area contributed by atoms with Gasteiger partial charge in [-0.15, -0.1) is 0 Å². The van der Waals surface area contributed by atoms with Gasteiger partial charge in [-0.1, -0.05) is 32.2 Å². The molecular weight excluding hydrogens is 351 g/mol. The van der Waals surface area contributed by atoms with Crippen molar-refractivity contribution in [1.29, 1.82) is 0 Å². The first-order chi connectivity index (χ1) is 13.4. The molecule has 0 aliphatic carbocycles. The molecule has 0 bridgehead atoms. The maximum Gasteiger partial charge on any atom is 0.173 e. The third kappa shape index (κ3) is 5.00. The molecule has 146 valence electrons. The Morgan fingerprint density at radius 1 is 1.32 bits per heavy atom. The van der Waals surface area contributed by atoms with Crippen molar-refractivity contribution in [2.45, 2.75) is 33.2 Å². The molecule has 1 aromatic heterocycles. The van der Waals surface area contributed by atoms with Crippen LogP contribution in [0.1, 0.15) is 48.8 Å². The minimum Gasteiger partial charge on any atom is -0.368 e. The highest BCUT2D eigenvalue weighted by molar-refractivity contribution is 5.95. The summed E-state index contributed by atoms with van der Waals surface area (Å²) in [4.78, 5) is 14.8. The fraction of sp³-hybridized carbons (Fsp3) is 0.261. The summed E-state index contributed by atoms with van der Waals surface area (Å²) in [6.45, 7) is 13.7. The Morgan fingerprint density at radius 2 is 2.00 bits per heavy atom. The molecule has 1 atom stereocenters. The van der Waals surface area contributed by atoms with Crippen LogP contribution in [0, 0.1) is 12.7 Å². The van der Waals surface area contributed by atoms with Crippen LogP contribution in [0.25, 0.3) is 6.08 Å². The molecule has 28 heavy (non-hydrogen) atoms. The summed E-state index contributed by atoms with van der Waals surface area (Å²) in [5.74, 6) is 0.338. The topological polar surface area (TPSA) is 41.4 Å². The van der Waals surface area contributed by atoms with E-state index in [4.69, 9.17) is 0 Å². The lowest BCUT2D eigenvalue weighted by atomic mass is 9.94. The zero-order chi connectivity index (χ0) is 20.7. The second-order valence-electron chi connectivity index (χ2n) is 6.58. The van der Waals surface area contributed by atoms with E-state index in [1.165, 1.54) is 6.07 Å². The number of halogens is 1. The molecule has 0 saturated heterocycles. The largest absolute Gasteiger partial charge is 0.368 e. The number of aromatic nitrogens is 2. The van der Waals surface area contributed by atoms with Crippen LogP contribution in [0.2, 0.25) is 0 Å². The second-order valence-corrected chi connectivity index (χ2v) is 6.58. The van der Waals surface area contributed by atoms with Gasteiger partial charge in [0.05, 0.1) is 11.8 Å². The molecule has 5 heteroatoms. The van der Waals surface area contributed by atoms with Crippen LogP contribution in [0.15, 0.2) is 66.7 Å². The number of allylic oxidation sites excluding steroid dienone is 1. The van der Waals surface area contributed by atoms with Crippen LogP contribution < -0.4 is 0 Å². The van der Waals surface area contributed by atoms with Crippen molar-refractivity contribution in [1.82, 2.24) is 14.9 Å². The van der Waals surface area contributed by atoms with E-state index in [9.17, 15) is 4.39 Å². The SMILES string of the molecule is C=Cc1c(F)cc(C)cc1C(CC)N(C)C(=C)/C=C\N=C(/C)c1ncccn1. The number of likely N-dealkylation sites (N-methyl/N-ethyl adjacent to an activating group) is 1. The zero-order valence-electron chi connectivity index (χ0n) is 17.0. The molecule has 0 aliphatic rings. The van der Waals surface area contributed by atoms with E-state index in [1.54, 1.807) is 30.7 Å². The number of nitrogens with zero attached hydrogens (tertiary/aromatic N) is 4. The molecule has 0 radical (unpaired) electrons. The van der Waals surface area contributed by atoms with Crippen molar-refractivity contribution >= 4 is 11.8 Å². The minimum absolute atomic E-state index is 0.0258. The van der Waals surface area contributed by atoms with E-state index in [2.05, 4.69) is 35.0 Å². The molecule has 4 nitrogen and oxygen atoms in total. The Kier molecular flexibility index (Phi) is 7.38. The molecule has 2 rings (SSSR count). The monoisotopic (exact) mass is 378 g/mol. The number of rotatable bonds is 8. The summed E-state index contributed by atoms with van der Waals surface area (Å²) < 4.78 is 14.4. The summed E-state index contributed by atoms with van der Waals surface area (Å²) in [6.07, 6.45) is 9.25. The Balaban J connectivity index is 2.22. The molecule has 1 unspecified atom stereocenters. The Hall–Kier alpha value is -3.08. The summed E-state index contributed by atoms with van der Waals surface area (Å²) in [6, 6.07) is 5.28. The van der Waals surface area contributed by atoms with Crippen molar-refractivity contribution in [3.63, 3.8) is 0 Å². The Labute approximate surface area is 166 Å². The molecule has 0 N–H and O–H groups in total. The van der Waals surface area contributed by atoms with Crippen LogP contribution in [-0.4, -0.2) is 27.6 Å². The summed E-state index contributed by atoms with van der Waals surface area (Å²) in [5.41, 5.74) is 3.82. The maximum atomic E-state index is 14.4. The number of aryl methyl sites for hydroxylation is 1. The Morgan fingerprint density at radius 3 is 2.61 bits per heavy atom. The van der Waals surface area contributed by atoms with Gasteiger partial charge in [0.1, 0.15) is 5.82 Å². The first-order valence-corrected chi connectivity index (χ1v) is 9.21. The molecule has 0 spiro atoms. The van der Waals surface area contributed by atoms with Gasteiger partial charge in [0, 0.05) is 36.9 Å². The predicted octanol–water partition coefficient (Wildman–Crippen LogP) is 5.49. The van der Waals surface area contributed by atoms with Crippen LogP contribution in [0.5, 0.6) is 0 Å². The van der Waals surface area contributed by atoms with Gasteiger partial charge in [0.25, 0.3) is 0 Å². The molecule has 1 heterocycles. The van der Waals surface area contributed by atoms with E-state index in [0.29, 0.717) is 17.1 Å². The quantitative estimate of drug-likeness (QED) is 0.451. The fourth-order valence-electron chi connectivity index (χ4n) is 3.07. The lowest BCUT2D eigenvalue weighted by Crippen LogP contribution is -2.23. The average Bonchev–Trinajstić information content (AvgIpc) is 2.68. The van der Waals surface area contributed by atoms with Gasteiger partial charge < -0.3 is 4.90 Å². The predicted molar refractivity (Wildman–Crippen MR) is 115 cm³/mol. The number of hydrogen-bond donors (Lipinski definition) is 0. The number of benzene rings is 1. The van der Waals surface area contributed by atoms with Gasteiger partial charge >= 0.3 is 0 Å². The molecule has 0 saturated carbocycles. The van der Waals surface area contributed by atoms with Crippen LogP contribution in [-0.2, 0) is 0 Å². The highest BCUT2D eigenvalue weighted by atomic mass is 19.1.